The number of halogens is 1. The summed E-state index contributed by atoms with van der Waals surface area (Å²) in [5.74, 6) is 3.88. The van der Waals surface area contributed by atoms with Gasteiger partial charge in [-0.2, -0.15) is 0 Å². The van der Waals surface area contributed by atoms with Crippen molar-refractivity contribution in [2.45, 2.75) is 25.9 Å². The lowest BCUT2D eigenvalue weighted by atomic mass is 10.0. The third-order valence-corrected chi connectivity index (χ3v) is 7.61. The molecule has 0 spiro atoms. The first kappa shape index (κ1) is 19.5. The van der Waals surface area contributed by atoms with Crippen molar-refractivity contribution in [1.29, 1.82) is 0 Å². The van der Waals surface area contributed by atoms with Gasteiger partial charge < -0.3 is 4.90 Å². The van der Waals surface area contributed by atoms with E-state index >= 15 is 0 Å². The van der Waals surface area contributed by atoms with Crippen molar-refractivity contribution in [3.63, 3.8) is 0 Å². The predicted molar refractivity (Wildman–Crippen MR) is 118 cm³/mol. The van der Waals surface area contributed by atoms with Crippen LogP contribution in [0, 0.1) is 6.92 Å². The third kappa shape index (κ3) is 2.81. The summed E-state index contributed by atoms with van der Waals surface area (Å²) in [6, 6.07) is 2.31. The largest absolute Gasteiger partial charge is 0.361 e. The summed E-state index contributed by atoms with van der Waals surface area (Å²) in [6.07, 6.45) is 1.59. The minimum absolute atomic E-state index is 0.103. The van der Waals surface area contributed by atoms with Crippen LogP contribution in [0.25, 0.3) is 11.0 Å². The van der Waals surface area contributed by atoms with Gasteiger partial charge in [0.15, 0.2) is 0 Å². The van der Waals surface area contributed by atoms with Crippen LogP contribution in [0.1, 0.15) is 12.6 Å². The molecule has 28 heavy (non-hydrogen) atoms. The smallest absolute Gasteiger partial charge is 0.278 e. The van der Waals surface area contributed by atoms with Crippen molar-refractivity contribution in [2.24, 2.45) is 7.05 Å². The molecule has 2 aromatic heterocycles. The highest BCUT2D eigenvalue weighted by molar-refractivity contribution is 8.00. The monoisotopic (exact) mass is 423 g/mol. The predicted octanol–water partition coefficient (Wildman–Crippen LogP) is 1.49. The molecule has 4 rings (SSSR count). The van der Waals surface area contributed by atoms with Gasteiger partial charge in [-0.3, -0.25) is 18.6 Å². The topological polar surface area (TPSA) is 61.7 Å². The van der Waals surface area contributed by atoms with Gasteiger partial charge in [0.1, 0.15) is 11.3 Å². The van der Waals surface area contributed by atoms with Crippen LogP contribution in [0.3, 0.4) is 0 Å². The molecule has 0 N–H and O–H groups in total. The van der Waals surface area contributed by atoms with Gasteiger partial charge in [-0.25, -0.2) is 9.19 Å². The molecule has 2 aliphatic heterocycles. The van der Waals surface area contributed by atoms with Gasteiger partial charge in [0.25, 0.3) is 5.56 Å². The lowest BCUT2D eigenvalue weighted by Crippen LogP contribution is -2.63. The number of fused-ring (bicyclic) bond motifs is 5. The van der Waals surface area contributed by atoms with E-state index in [0.29, 0.717) is 34.6 Å². The normalized spacial score (nSPS) is 24.8. The first-order valence-electron chi connectivity index (χ1n) is 9.27. The van der Waals surface area contributed by atoms with E-state index in [2.05, 4.69) is 34.6 Å². The van der Waals surface area contributed by atoms with Crippen molar-refractivity contribution < 1.29 is 4.21 Å². The molecular formula is C19H26ClN5O2S. The molecule has 3 atom stereocenters. The lowest BCUT2D eigenvalue weighted by Gasteiger charge is -2.51. The van der Waals surface area contributed by atoms with Crippen LogP contribution < -0.4 is 14.8 Å². The molecule has 7 nitrogen and oxygen atoms in total. The first-order valence-corrected chi connectivity index (χ1v) is 11.7. The minimum atomic E-state index is -2.63. The zero-order chi connectivity index (χ0) is 20.5. The van der Waals surface area contributed by atoms with Gasteiger partial charge >= 0.3 is 0 Å². The summed E-state index contributed by atoms with van der Waals surface area (Å²) in [6.45, 7) is 6.09. The van der Waals surface area contributed by atoms with Gasteiger partial charge in [0.05, 0.1) is 29.0 Å². The van der Waals surface area contributed by atoms with E-state index in [1.165, 1.54) is 4.57 Å². The number of aromatic nitrogens is 2. The van der Waals surface area contributed by atoms with Gasteiger partial charge in [0.2, 0.25) is 0 Å². The van der Waals surface area contributed by atoms with E-state index in [1.54, 1.807) is 17.6 Å². The first-order chi connectivity index (χ1) is 13.0. The zero-order valence-electron chi connectivity index (χ0n) is 16.9. The Bertz CT molecular complexity index is 1140. The van der Waals surface area contributed by atoms with Crippen molar-refractivity contribution in [3.8, 4) is 0 Å². The van der Waals surface area contributed by atoms with E-state index in [1.807, 2.05) is 13.0 Å². The Balaban J connectivity index is 2.12. The second-order valence-corrected chi connectivity index (χ2v) is 10.9. The van der Waals surface area contributed by atoms with Gasteiger partial charge in [-0.05, 0) is 32.8 Å². The SMILES string of the molecule is C=S(C)(=O)N1CC2CN(C)C(C)CN2c2c1c(=O)n(C)c1nc(C)c(Cl)cc21. The van der Waals surface area contributed by atoms with Crippen molar-refractivity contribution >= 4 is 49.6 Å². The molecule has 0 amide bonds. The fourth-order valence-electron chi connectivity index (χ4n) is 4.25. The van der Waals surface area contributed by atoms with E-state index in [9.17, 15) is 9.00 Å². The average molecular weight is 424 g/mol. The number of likely N-dealkylation sites (N-methyl/N-ethyl adjacent to an activating group) is 1. The standard InChI is InChI=1S/C19H26ClN5O2S/c1-11-8-24-13(9-22(11)3)10-25(28(5,6)27)17-16(24)14-7-15(20)12(2)21-18(14)23(4)19(17)26/h7,11,13H,5,8-10H2,1-4,6H3. The second kappa shape index (κ2) is 6.37. The molecule has 4 heterocycles. The number of hydrogen-bond donors (Lipinski definition) is 0. The summed E-state index contributed by atoms with van der Waals surface area (Å²) in [5.41, 5.74) is 2.27. The maximum Gasteiger partial charge on any atom is 0.278 e. The average Bonchev–Trinajstić information content (AvgIpc) is 2.60. The Hall–Kier alpha value is -1.77. The highest BCUT2D eigenvalue weighted by atomic mass is 35.5. The second-order valence-electron chi connectivity index (χ2n) is 8.10. The summed E-state index contributed by atoms with van der Waals surface area (Å²) >= 11 is 6.42. The van der Waals surface area contributed by atoms with E-state index in [-0.39, 0.29) is 11.6 Å². The molecule has 2 aromatic rings. The Morgan fingerprint density at radius 2 is 1.93 bits per heavy atom. The van der Waals surface area contributed by atoms with Crippen LogP contribution in [0.15, 0.2) is 10.9 Å². The number of hydrogen-bond acceptors (Lipinski definition) is 5. The summed E-state index contributed by atoms with van der Waals surface area (Å²) in [7, 11) is 1.17. The summed E-state index contributed by atoms with van der Waals surface area (Å²) in [4.78, 5) is 22.5. The lowest BCUT2D eigenvalue weighted by molar-refractivity contribution is 0.200. The Labute approximate surface area is 170 Å². The van der Waals surface area contributed by atoms with Crippen LogP contribution >= 0.6 is 11.6 Å². The minimum Gasteiger partial charge on any atom is -0.361 e. The zero-order valence-corrected chi connectivity index (χ0v) is 18.5. The number of anilines is 2. The Kier molecular flexibility index (Phi) is 4.44. The number of pyridine rings is 2. The van der Waals surface area contributed by atoms with Crippen LogP contribution in [-0.4, -0.2) is 69.6 Å². The highest BCUT2D eigenvalue weighted by Gasteiger charge is 2.41. The third-order valence-electron chi connectivity index (χ3n) is 5.97. The van der Waals surface area contributed by atoms with E-state index in [0.717, 1.165) is 24.2 Å². The maximum atomic E-state index is 13.4. The number of rotatable bonds is 1. The van der Waals surface area contributed by atoms with Crippen LogP contribution in [-0.2, 0) is 16.8 Å². The molecule has 0 saturated carbocycles. The molecule has 0 aliphatic carbocycles. The highest BCUT2D eigenvalue weighted by Crippen LogP contribution is 2.41. The molecule has 0 aromatic carbocycles. The van der Waals surface area contributed by atoms with Gasteiger partial charge in [0, 0.05) is 47.5 Å². The number of piperazine rings is 1. The Morgan fingerprint density at radius 1 is 1.25 bits per heavy atom. The molecule has 1 fully saturated rings. The van der Waals surface area contributed by atoms with Crippen LogP contribution in [0.5, 0.6) is 0 Å². The summed E-state index contributed by atoms with van der Waals surface area (Å²) in [5, 5.41) is 1.36. The molecule has 1 saturated heterocycles. The molecule has 9 heteroatoms. The summed E-state index contributed by atoms with van der Waals surface area (Å²) < 4.78 is 16.3. The van der Waals surface area contributed by atoms with Crippen LogP contribution in [0.4, 0.5) is 11.4 Å². The fourth-order valence-corrected chi connectivity index (χ4v) is 5.43. The number of aryl methyl sites for hydroxylation is 2. The van der Waals surface area contributed by atoms with Gasteiger partial charge in [-0.1, -0.05) is 11.6 Å². The van der Waals surface area contributed by atoms with Crippen molar-refractivity contribution in [2.75, 3.05) is 42.1 Å². The van der Waals surface area contributed by atoms with Crippen molar-refractivity contribution in [1.82, 2.24) is 14.5 Å². The molecule has 0 bridgehead atoms. The van der Waals surface area contributed by atoms with E-state index in [4.69, 9.17) is 11.6 Å². The maximum absolute atomic E-state index is 13.4. The Morgan fingerprint density at radius 3 is 2.57 bits per heavy atom. The molecule has 152 valence electrons. The van der Waals surface area contributed by atoms with E-state index < -0.39 is 9.71 Å². The molecule has 3 unspecified atom stereocenters. The number of nitrogens with zero attached hydrogens (tertiary/aromatic N) is 5. The van der Waals surface area contributed by atoms with Gasteiger partial charge in [-0.15, -0.1) is 0 Å². The quantitative estimate of drug-likeness (QED) is 0.650. The van der Waals surface area contributed by atoms with Crippen molar-refractivity contribution in [3.05, 3.63) is 27.1 Å². The molecule has 2 aliphatic rings. The molecular weight excluding hydrogens is 398 g/mol. The van der Waals surface area contributed by atoms with Crippen LogP contribution in [0.2, 0.25) is 5.02 Å². The fraction of sp³-hybridized carbons (Fsp3) is 0.526. The molecule has 0 radical (unpaired) electrons.